The Hall–Kier alpha value is -1.92. The van der Waals surface area contributed by atoms with Gasteiger partial charge >= 0.3 is 0 Å². The molecular formula is C12H8N2S. The van der Waals surface area contributed by atoms with E-state index in [1.807, 2.05) is 41.8 Å². The van der Waals surface area contributed by atoms with Crippen LogP contribution in [0.4, 0.5) is 0 Å². The van der Waals surface area contributed by atoms with E-state index in [4.69, 9.17) is 5.26 Å². The Kier molecular flexibility index (Phi) is 2.91. The minimum absolute atomic E-state index is 0.857. The van der Waals surface area contributed by atoms with Gasteiger partial charge in [-0.3, -0.25) is 0 Å². The number of rotatable bonds is 2. The normalized spacial score (nSPS) is 10.3. The van der Waals surface area contributed by atoms with Gasteiger partial charge in [-0.2, -0.15) is 5.26 Å². The lowest BCUT2D eigenvalue weighted by Gasteiger charge is -1.93. The second-order valence-electron chi connectivity index (χ2n) is 2.90. The van der Waals surface area contributed by atoms with Gasteiger partial charge in [-0.25, -0.2) is 4.98 Å². The van der Waals surface area contributed by atoms with Gasteiger partial charge in [-0.05, 0) is 6.08 Å². The molecule has 0 amide bonds. The zero-order valence-electron chi connectivity index (χ0n) is 7.92. The van der Waals surface area contributed by atoms with E-state index in [1.165, 1.54) is 17.4 Å². The second-order valence-corrected chi connectivity index (χ2v) is 3.79. The van der Waals surface area contributed by atoms with Gasteiger partial charge < -0.3 is 0 Å². The van der Waals surface area contributed by atoms with E-state index in [9.17, 15) is 0 Å². The molecule has 0 unspecified atom stereocenters. The Balaban J connectivity index is 2.29. The minimum Gasteiger partial charge on any atom is -0.237 e. The van der Waals surface area contributed by atoms with E-state index in [2.05, 4.69) is 4.98 Å². The zero-order valence-corrected chi connectivity index (χ0v) is 8.74. The Morgan fingerprint density at radius 3 is 2.80 bits per heavy atom. The van der Waals surface area contributed by atoms with Crippen LogP contribution in [0.3, 0.4) is 0 Å². The number of allylic oxidation sites excluding steroid dienone is 1. The second kappa shape index (κ2) is 4.54. The highest BCUT2D eigenvalue weighted by molar-refractivity contribution is 7.10. The monoisotopic (exact) mass is 212 g/mol. The lowest BCUT2D eigenvalue weighted by molar-refractivity contribution is 1.38. The smallest absolute Gasteiger partial charge is 0.117 e. The minimum atomic E-state index is 0.857. The molecule has 2 rings (SSSR count). The summed E-state index contributed by atoms with van der Waals surface area (Å²) in [5.41, 5.74) is 2.06. The molecule has 15 heavy (non-hydrogen) atoms. The number of nitriles is 1. The number of nitrogens with zero attached hydrogens (tertiary/aromatic N) is 2. The average molecular weight is 212 g/mol. The van der Waals surface area contributed by atoms with E-state index >= 15 is 0 Å². The van der Waals surface area contributed by atoms with Crippen molar-refractivity contribution in [1.82, 2.24) is 4.98 Å². The van der Waals surface area contributed by atoms with Crippen molar-refractivity contribution >= 4 is 17.4 Å². The first-order chi connectivity index (χ1) is 7.40. The predicted octanol–water partition coefficient (Wildman–Crippen LogP) is 3.35. The fraction of sp³-hybridized carbons (Fsp3) is 0. The van der Waals surface area contributed by atoms with Gasteiger partial charge in [-0.1, -0.05) is 30.3 Å². The molecule has 0 bridgehead atoms. The maximum absolute atomic E-state index is 8.39. The third kappa shape index (κ3) is 2.30. The largest absolute Gasteiger partial charge is 0.237 e. The molecule has 3 heteroatoms. The number of benzene rings is 1. The van der Waals surface area contributed by atoms with Crippen molar-refractivity contribution in [2.75, 3.05) is 0 Å². The van der Waals surface area contributed by atoms with Crippen LogP contribution in [-0.2, 0) is 0 Å². The molecule has 0 aliphatic carbocycles. The molecule has 0 fully saturated rings. The van der Waals surface area contributed by atoms with Crippen LogP contribution in [0.15, 0.2) is 41.8 Å². The van der Waals surface area contributed by atoms with E-state index in [0.717, 1.165) is 16.3 Å². The van der Waals surface area contributed by atoms with Gasteiger partial charge in [0.1, 0.15) is 5.01 Å². The molecule has 0 atom stereocenters. The molecule has 1 heterocycles. The molecule has 1 aromatic heterocycles. The first-order valence-corrected chi connectivity index (χ1v) is 5.35. The summed E-state index contributed by atoms with van der Waals surface area (Å²) in [6.07, 6.45) is 3.16. The van der Waals surface area contributed by atoms with Crippen LogP contribution >= 0.6 is 11.3 Å². The lowest BCUT2D eigenvalue weighted by Crippen LogP contribution is -1.76. The summed E-state index contributed by atoms with van der Waals surface area (Å²) in [6.45, 7) is 0. The molecule has 0 aliphatic rings. The standard InChI is InChI=1S/C12H8N2S/c13-8-4-7-12-14-11(9-15-12)10-5-2-1-3-6-10/h1-7,9H/b7-4+. The van der Waals surface area contributed by atoms with Crippen molar-refractivity contribution in [2.24, 2.45) is 0 Å². The summed E-state index contributed by atoms with van der Waals surface area (Å²) in [6, 6.07) is 11.9. The molecule has 0 aliphatic heterocycles. The van der Waals surface area contributed by atoms with Gasteiger partial charge in [0.25, 0.3) is 0 Å². The number of aromatic nitrogens is 1. The van der Waals surface area contributed by atoms with Gasteiger partial charge in [0.05, 0.1) is 11.8 Å². The molecule has 0 saturated carbocycles. The summed E-state index contributed by atoms with van der Waals surface area (Å²) in [4.78, 5) is 4.40. The van der Waals surface area contributed by atoms with Crippen molar-refractivity contribution in [3.05, 3.63) is 46.8 Å². The van der Waals surface area contributed by atoms with Gasteiger partial charge in [0.2, 0.25) is 0 Å². The van der Waals surface area contributed by atoms with Crippen LogP contribution in [-0.4, -0.2) is 4.98 Å². The Morgan fingerprint density at radius 1 is 1.27 bits per heavy atom. The third-order valence-electron chi connectivity index (χ3n) is 1.89. The molecule has 1 aromatic carbocycles. The van der Waals surface area contributed by atoms with Crippen LogP contribution in [0.5, 0.6) is 0 Å². The maximum atomic E-state index is 8.39. The third-order valence-corrected chi connectivity index (χ3v) is 2.70. The quantitative estimate of drug-likeness (QED) is 0.716. The highest BCUT2D eigenvalue weighted by atomic mass is 32.1. The topological polar surface area (TPSA) is 36.7 Å². The molecule has 0 spiro atoms. The van der Waals surface area contributed by atoms with Crippen molar-refractivity contribution in [3.63, 3.8) is 0 Å². The fourth-order valence-electron chi connectivity index (χ4n) is 1.21. The van der Waals surface area contributed by atoms with Crippen LogP contribution in [0.2, 0.25) is 0 Å². The maximum Gasteiger partial charge on any atom is 0.117 e. The number of thiazole rings is 1. The van der Waals surface area contributed by atoms with Crippen molar-refractivity contribution in [1.29, 1.82) is 5.26 Å². The van der Waals surface area contributed by atoms with Gasteiger partial charge in [0, 0.05) is 17.0 Å². The Labute approximate surface area is 92.1 Å². The van der Waals surface area contributed by atoms with Gasteiger partial charge in [0.15, 0.2) is 0 Å². The van der Waals surface area contributed by atoms with Crippen molar-refractivity contribution in [2.45, 2.75) is 0 Å². The van der Waals surface area contributed by atoms with Crippen molar-refractivity contribution in [3.8, 4) is 17.3 Å². The summed E-state index contributed by atoms with van der Waals surface area (Å²) in [5.74, 6) is 0. The Morgan fingerprint density at radius 2 is 2.07 bits per heavy atom. The zero-order chi connectivity index (χ0) is 10.5. The highest BCUT2D eigenvalue weighted by Crippen LogP contribution is 2.21. The molecule has 2 nitrogen and oxygen atoms in total. The number of hydrogen-bond donors (Lipinski definition) is 0. The molecule has 0 radical (unpaired) electrons. The van der Waals surface area contributed by atoms with Crippen molar-refractivity contribution < 1.29 is 0 Å². The van der Waals surface area contributed by atoms with E-state index in [0.29, 0.717) is 0 Å². The first kappa shape index (κ1) is 9.63. The fourth-order valence-corrected chi connectivity index (χ4v) is 1.93. The predicted molar refractivity (Wildman–Crippen MR) is 62.2 cm³/mol. The van der Waals surface area contributed by atoms with Gasteiger partial charge in [-0.15, -0.1) is 11.3 Å². The molecule has 0 N–H and O–H groups in total. The number of hydrogen-bond acceptors (Lipinski definition) is 3. The van der Waals surface area contributed by atoms with E-state index < -0.39 is 0 Å². The lowest BCUT2D eigenvalue weighted by atomic mass is 10.2. The SMILES string of the molecule is N#C/C=C/c1nc(-c2ccccc2)cs1. The van der Waals surface area contributed by atoms with E-state index in [1.54, 1.807) is 6.08 Å². The molecule has 2 aromatic rings. The van der Waals surface area contributed by atoms with Crippen LogP contribution < -0.4 is 0 Å². The van der Waals surface area contributed by atoms with Crippen LogP contribution in [0.25, 0.3) is 17.3 Å². The summed E-state index contributed by atoms with van der Waals surface area (Å²) < 4.78 is 0. The molecular weight excluding hydrogens is 204 g/mol. The van der Waals surface area contributed by atoms with E-state index in [-0.39, 0.29) is 0 Å². The summed E-state index contributed by atoms with van der Waals surface area (Å²) >= 11 is 1.54. The Bertz CT molecular complexity index is 506. The summed E-state index contributed by atoms with van der Waals surface area (Å²) in [7, 11) is 0. The first-order valence-electron chi connectivity index (χ1n) is 4.47. The average Bonchev–Trinajstić information content (AvgIpc) is 2.76. The molecule has 0 saturated heterocycles. The molecule has 72 valence electrons. The van der Waals surface area contributed by atoms with Crippen LogP contribution in [0.1, 0.15) is 5.01 Å². The summed E-state index contributed by atoms with van der Waals surface area (Å²) in [5, 5.41) is 11.2. The van der Waals surface area contributed by atoms with Crippen LogP contribution in [0, 0.1) is 11.3 Å². The highest BCUT2D eigenvalue weighted by Gasteiger charge is 2.00.